The van der Waals surface area contributed by atoms with Crippen LogP contribution in [0, 0.1) is 0 Å². The molecule has 0 aliphatic rings. The van der Waals surface area contributed by atoms with E-state index in [0.717, 1.165) is 11.3 Å². The van der Waals surface area contributed by atoms with E-state index in [1.807, 2.05) is 0 Å². The average molecular weight is 298 g/mol. The molecule has 0 bridgehead atoms. The molecule has 2 rings (SSSR count). The third-order valence-corrected chi connectivity index (χ3v) is 4.53. The highest BCUT2D eigenvalue weighted by Gasteiger charge is 2.20. The van der Waals surface area contributed by atoms with Crippen molar-refractivity contribution in [2.24, 2.45) is 0 Å². The van der Waals surface area contributed by atoms with Crippen LogP contribution in [0.4, 0.5) is 10.8 Å². The topological polar surface area (TPSA) is 101 Å². The van der Waals surface area contributed by atoms with Crippen LogP contribution in [0.2, 0.25) is 0 Å². The number of para-hydroxylation sites is 1. The zero-order valence-electron chi connectivity index (χ0n) is 9.82. The molecule has 0 radical (unpaired) electrons. The molecule has 0 fully saturated rings. The van der Waals surface area contributed by atoms with Gasteiger partial charge in [0.05, 0.1) is 0 Å². The highest BCUT2D eigenvalue weighted by Crippen LogP contribution is 2.22. The Bertz CT molecular complexity index is 682. The summed E-state index contributed by atoms with van der Waals surface area (Å²) in [5.41, 5.74) is 0.429. The van der Waals surface area contributed by atoms with E-state index in [0.29, 0.717) is 5.69 Å². The van der Waals surface area contributed by atoms with E-state index < -0.39 is 10.0 Å². The summed E-state index contributed by atoms with van der Waals surface area (Å²) < 4.78 is 26.1. The minimum absolute atomic E-state index is 0.140. The smallest absolute Gasteiger partial charge is 0.291 e. The number of hydrogen-bond donors (Lipinski definition) is 2. The minimum Gasteiger partial charge on any atom is -0.301 e. The molecule has 0 saturated heterocycles. The summed E-state index contributed by atoms with van der Waals surface area (Å²) in [7, 11) is -3.78. The van der Waals surface area contributed by atoms with Gasteiger partial charge < -0.3 is 5.32 Å². The first-order valence-electron chi connectivity index (χ1n) is 5.16. The first-order valence-corrected chi connectivity index (χ1v) is 7.46. The second-order valence-corrected chi connectivity index (χ2v) is 6.36. The van der Waals surface area contributed by atoms with Crippen molar-refractivity contribution < 1.29 is 13.2 Å². The summed E-state index contributed by atoms with van der Waals surface area (Å²) in [6.07, 6.45) is 0. The molecular formula is C10H10N4O3S2. The van der Waals surface area contributed by atoms with Gasteiger partial charge in [0.15, 0.2) is 0 Å². The standard InChI is InChI=1S/C10H10N4O3S2/c1-7(15)11-9-12-13-10(18-9)19(16,17)14-8-5-3-2-4-6-8/h2-6,14H,1H3,(H,11,12,15). The first kappa shape index (κ1) is 13.4. The minimum atomic E-state index is -3.78. The number of carbonyl (C=O) groups is 1. The lowest BCUT2D eigenvalue weighted by atomic mass is 10.3. The van der Waals surface area contributed by atoms with Crippen LogP contribution in [-0.4, -0.2) is 24.5 Å². The number of sulfonamides is 1. The van der Waals surface area contributed by atoms with Crippen LogP contribution < -0.4 is 10.0 Å². The van der Waals surface area contributed by atoms with E-state index in [2.05, 4.69) is 20.2 Å². The van der Waals surface area contributed by atoms with Gasteiger partial charge in [0.1, 0.15) is 0 Å². The molecule has 0 saturated carbocycles. The Kier molecular flexibility index (Phi) is 3.76. The molecular weight excluding hydrogens is 288 g/mol. The molecule has 1 aromatic heterocycles. The van der Waals surface area contributed by atoms with Crippen LogP contribution in [0.1, 0.15) is 6.92 Å². The van der Waals surface area contributed by atoms with Crippen molar-refractivity contribution in [1.82, 2.24) is 10.2 Å². The van der Waals surface area contributed by atoms with Gasteiger partial charge in [-0.1, -0.05) is 29.5 Å². The number of nitrogens with one attached hydrogen (secondary N) is 2. The molecule has 0 aliphatic carbocycles. The number of amides is 1. The molecule has 1 aromatic carbocycles. The van der Waals surface area contributed by atoms with E-state index in [9.17, 15) is 13.2 Å². The van der Waals surface area contributed by atoms with Crippen molar-refractivity contribution in [3.8, 4) is 0 Å². The number of nitrogens with zero attached hydrogens (tertiary/aromatic N) is 2. The number of carbonyl (C=O) groups excluding carboxylic acids is 1. The summed E-state index contributed by atoms with van der Waals surface area (Å²) in [6, 6.07) is 8.43. The lowest BCUT2D eigenvalue weighted by Gasteiger charge is -2.03. The molecule has 0 unspecified atom stereocenters. The van der Waals surface area contributed by atoms with Crippen molar-refractivity contribution >= 4 is 38.1 Å². The zero-order chi connectivity index (χ0) is 13.9. The third kappa shape index (κ3) is 3.48. The number of anilines is 2. The number of hydrogen-bond acceptors (Lipinski definition) is 6. The maximum Gasteiger partial charge on any atom is 0.291 e. The van der Waals surface area contributed by atoms with Crippen LogP contribution >= 0.6 is 11.3 Å². The number of benzene rings is 1. The van der Waals surface area contributed by atoms with Gasteiger partial charge in [-0.2, -0.15) is 8.42 Å². The van der Waals surface area contributed by atoms with Gasteiger partial charge in [-0.15, -0.1) is 10.2 Å². The second kappa shape index (κ2) is 5.33. The van der Waals surface area contributed by atoms with E-state index in [-0.39, 0.29) is 15.4 Å². The van der Waals surface area contributed by atoms with Gasteiger partial charge >= 0.3 is 0 Å². The van der Waals surface area contributed by atoms with Crippen LogP contribution in [0.5, 0.6) is 0 Å². The Hall–Kier alpha value is -2.00. The molecule has 7 nitrogen and oxygen atoms in total. The molecule has 0 atom stereocenters. The van der Waals surface area contributed by atoms with Crippen molar-refractivity contribution in [3.05, 3.63) is 30.3 Å². The molecule has 0 spiro atoms. The Balaban J connectivity index is 2.20. The van der Waals surface area contributed by atoms with Crippen LogP contribution in [0.15, 0.2) is 34.7 Å². The predicted molar refractivity (Wildman–Crippen MR) is 71.5 cm³/mol. The molecule has 1 heterocycles. The summed E-state index contributed by atoms with van der Waals surface area (Å²) in [6.45, 7) is 1.30. The number of aromatic nitrogens is 2. The Morgan fingerprint density at radius 3 is 2.53 bits per heavy atom. The maximum atomic E-state index is 12.0. The Morgan fingerprint density at radius 2 is 1.89 bits per heavy atom. The van der Waals surface area contributed by atoms with Gasteiger partial charge in [0.25, 0.3) is 14.4 Å². The van der Waals surface area contributed by atoms with Gasteiger partial charge in [-0.05, 0) is 12.1 Å². The predicted octanol–water partition coefficient (Wildman–Crippen LogP) is 1.30. The van der Waals surface area contributed by atoms with Gasteiger partial charge in [-0.25, -0.2) is 0 Å². The summed E-state index contributed by atoms with van der Waals surface area (Å²) in [4.78, 5) is 10.8. The Morgan fingerprint density at radius 1 is 1.21 bits per heavy atom. The quantitative estimate of drug-likeness (QED) is 0.828. The van der Waals surface area contributed by atoms with Crippen molar-refractivity contribution in [2.45, 2.75) is 11.3 Å². The van der Waals surface area contributed by atoms with Crippen LogP contribution in [0.3, 0.4) is 0 Å². The molecule has 2 N–H and O–H groups in total. The summed E-state index contributed by atoms with van der Waals surface area (Å²) in [5.74, 6) is -0.337. The SMILES string of the molecule is CC(=O)Nc1nnc(S(=O)(=O)Nc2ccccc2)s1. The molecule has 0 aliphatic heterocycles. The van der Waals surface area contributed by atoms with Crippen molar-refractivity contribution in [1.29, 1.82) is 0 Å². The second-order valence-electron chi connectivity index (χ2n) is 3.53. The van der Waals surface area contributed by atoms with Crippen LogP contribution in [0.25, 0.3) is 0 Å². The highest BCUT2D eigenvalue weighted by atomic mass is 32.2. The summed E-state index contributed by atoms with van der Waals surface area (Å²) >= 11 is 0.783. The highest BCUT2D eigenvalue weighted by molar-refractivity contribution is 7.94. The van der Waals surface area contributed by atoms with Gasteiger partial charge in [0, 0.05) is 12.6 Å². The van der Waals surface area contributed by atoms with Crippen molar-refractivity contribution in [3.63, 3.8) is 0 Å². The first-order chi connectivity index (χ1) is 8.97. The fourth-order valence-corrected chi connectivity index (χ4v) is 3.23. The maximum absolute atomic E-state index is 12.0. The average Bonchev–Trinajstić information content (AvgIpc) is 2.78. The fourth-order valence-electron chi connectivity index (χ4n) is 1.22. The van der Waals surface area contributed by atoms with Gasteiger partial charge in [-0.3, -0.25) is 9.52 Å². The lowest BCUT2D eigenvalue weighted by molar-refractivity contribution is -0.114. The normalized spacial score (nSPS) is 11.0. The van der Waals surface area contributed by atoms with E-state index in [1.54, 1.807) is 30.3 Å². The van der Waals surface area contributed by atoms with Crippen LogP contribution in [-0.2, 0) is 14.8 Å². The molecule has 1 amide bonds. The fraction of sp³-hybridized carbons (Fsp3) is 0.100. The molecule has 19 heavy (non-hydrogen) atoms. The van der Waals surface area contributed by atoms with Gasteiger partial charge in [0.2, 0.25) is 11.0 Å². The van der Waals surface area contributed by atoms with E-state index in [4.69, 9.17) is 0 Å². The lowest BCUT2D eigenvalue weighted by Crippen LogP contribution is -2.12. The van der Waals surface area contributed by atoms with E-state index >= 15 is 0 Å². The van der Waals surface area contributed by atoms with Crippen molar-refractivity contribution in [2.75, 3.05) is 10.0 Å². The third-order valence-electron chi connectivity index (χ3n) is 1.95. The largest absolute Gasteiger partial charge is 0.301 e. The molecule has 100 valence electrons. The molecule has 9 heteroatoms. The van der Waals surface area contributed by atoms with E-state index in [1.165, 1.54) is 6.92 Å². The number of rotatable bonds is 4. The molecule has 2 aromatic rings. The Labute approximate surface area is 113 Å². The zero-order valence-corrected chi connectivity index (χ0v) is 11.5. The summed E-state index contributed by atoms with van der Waals surface area (Å²) in [5, 5.41) is 9.64. The monoisotopic (exact) mass is 298 g/mol.